The maximum atomic E-state index is 12.0. The third-order valence-corrected chi connectivity index (χ3v) is 2.99. The molecule has 2 heterocycles. The molecular formula is C12H17N3O. The van der Waals surface area contributed by atoms with E-state index >= 15 is 0 Å². The molecule has 2 rings (SSSR count). The summed E-state index contributed by atoms with van der Waals surface area (Å²) in [6, 6.07) is 0. The SMILES string of the molecule is CCc1cnn2c(C)c(C(C)C)c(=O)[nH]c12. The number of rotatable bonds is 2. The Hall–Kier alpha value is -1.58. The van der Waals surface area contributed by atoms with Gasteiger partial charge in [0.1, 0.15) is 5.65 Å². The minimum Gasteiger partial charge on any atom is -0.306 e. The summed E-state index contributed by atoms with van der Waals surface area (Å²) in [6.45, 7) is 8.05. The Bertz CT molecular complexity index is 578. The van der Waals surface area contributed by atoms with Crippen molar-refractivity contribution >= 4 is 5.65 Å². The lowest BCUT2D eigenvalue weighted by molar-refractivity contribution is 0.779. The summed E-state index contributed by atoms with van der Waals surface area (Å²) in [7, 11) is 0. The molecule has 0 bridgehead atoms. The van der Waals surface area contributed by atoms with Gasteiger partial charge in [0.2, 0.25) is 0 Å². The number of aryl methyl sites for hydroxylation is 2. The molecule has 2 aromatic heterocycles. The van der Waals surface area contributed by atoms with Crippen LogP contribution in [0.5, 0.6) is 0 Å². The van der Waals surface area contributed by atoms with Crippen LogP contribution in [0.1, 0.15) is 43.5 Å². The number of aromatic nitrogens is 3. The van der Waals surface area contributed by atoms with Crippen LogP contribution in [0.2, 0.25) is 0 Å². The zero-order valence-corrected chi connectivity index (χ0v) is 10.2. The molecule has 86 valence electrons. The molecule has 16 heavy (non-hydrogen) atoms. The molecule has 0 radical (unpaired) electrons. The van der Waals surface area contributed by atoms with E-state index in [0.29, 0.717) is 0 Å². The second kappa shape index (κ2) is 3.77. The average molecular weight is 219 g/mol. The van der Waals surface area contributed by atoms with E-state index in [9.17, 15) is 4.79 Å². The van der Waals surface area contributed by atoms with E-state index in [2.05, 4.69) is 17.0 Å². The van der Waals surface area contributed by atoms with Crippen molar-refractivity contribution in [3.8, 4) is 0 Å². The van der Waals surface area contributed by atoms with Crippen LogP contribution in [-0.4, -0.2) is 14.6 Å². The molecular weight excluding hydrogens is 202 g/mol. The second-order valence-electron chi connectivity index (χ2n) is 4.39. The van der Waals surface area contributed by atoms with Crippen molar-refractivity contribution in [3.63, 3.8) is 0 Å². The minimum atomic E-state index is 0.00944. The van der Waals surface area contributed by atoms with Crippen LogP contribution in [0.15, 0.2) is 11.0 Å². The first-order valence-corrected chi connectivity index (χ1v) is 5.65. The number of H-pyrrole nitrogens is 1. The molecule has 4 nitrogen and oxygen atoms in total. The standard InChI is InChI=1S/C12H17N3O/c1-5-9-6-13-15-8(4)10(7(2)3)12(16)14-11(9)15/h6-7H,5H2,1-4H3,(H,14,16). The van der Waals surface area contributed by atoms with Crippen LogP contribution in [0, 0.1) is 6.92 Å². The fourth-order valence-electron chi connectivity index (χ4n) is 2.16. The van der Waals surface area contributed by atoms with Crippen molar-refractivity contribution in [2.24, 2.45) is 0 Å². The first kappa shape index (κ1) is 10.9. The van der Waals surface area contributed by atoms with Crippen molar-refractivity contribution in [1.82, 2.24) is 14.6 Å². The van der Waals surface area contributed by atoms with Gasteiger partial charge in [0.05, 0.1) is 11.9 Å². The van der Waals surface area contributed by atoms with Crippen LogP contribution in [0.25, 0.3) is 5.65 Å². The number of hydrogen-bond donors (Lipinski definition) is 1. The van der Waals surface area contributed by atoms with Crippen LogP contribution < -0.4 is 5.56 Å². The van der Waals surface area contributed by atoms with Gasteiger partial charge in [-0.15, -0.1) is 0 Å². The van der Waals surface area contributed by atoms with Crippen molar-refractivity contribution in [3.05, 3.63) is 33.4 Å². The summed E-state index contributed by atoms with van der Waals surface area (Å²) in [5, 5.41) is 4.32. The van der Waals surface area contributed by atoms with Gasteiger partial charge in [-0.05, 0) is 19.3 Å². The fourth-order valence-corrected chi connectivity index (χ4v) is 2.16. The van der Waals surface area contributed by atoms with E-state index in [1.165, 1.54) is 0 Å². The number of aromatic amines is 1. The Balaban J connectivity index is 2.85. The van der Waals surface area contributed by atoms with Crippen molar-refractivity contribution in [1.29, 1.82) is 0 Å². The number of fused-ring (bicyclic) bond motifs is 1. The lowest BCUT2D eigenvalue weighted by Gasteiger charge is -2.10. The lowest BCUT2D eigenvalue weighted by Crippen LogP contribution is -2.19. The van der Waals surface area contributed by atoms with Crippen molar-refractivity contribution < 1.29 is 0 Å². The van der Waals surface area contributed by atoms with Gasteiger partial charge in [-0.3, -0.25) is 4.79 Å². The van der Waals surface area contributed by atoms with Crippen LogP contribution in [0.3, 0.4) is 0 Å². The number of nitrogens with one attached hydrogen (secondary N) is 1. The Labute approximate surface area is 94.3 Å². The largest absolute Gasteiger partial charge is 0.306 e. The molecule has 0 spiro atoms. The fraction of sp³-hybridized carbons (Fsp3) is 0.500. The Morgan fingerprint density at radius 1 is 1.50 bits per heavy atom. The number of nitrogens with zero attached hydrogens (tertiary/aromatic N) is 2. The highest BCUT2D eigenvalue weighted by Gasteiger charge is 2.14. The van der Waals surface area contributed by atoms with E-state index in [1.807, 2.05) is 31.5 Å². The Kier molecular flexibility index (Phi) is 2.58. The highest BCUT2D eigenvalue weighted by molar-refractivity contribution is 5.48. The highest BCUT2D eigenvalue weighted by atomic mass is 16.1. The monoisotopic (exact) mass is 219 g/mol. The zero-order chi connectivity index (χ0) is 11.9. The molecule has 0 aliphatic rings. The van der Waals surface area contributed by atoms with Gasteiger partial charge in [-0.2, -0.15) is 5.10 Å². The lowest BCUT2D eigenvalue weighted by atomic mass is 10.0. The minimum absolute atomic E-state index is 0.00944. The smallest absolute Gasteiger partial charge is 0.254 e. The van der Waals surface area contributed by atoms with E-state index in [0.717, 1.165) is 28.9 Å². The first-order chi connectivity index (χ1) is 7.56. The van der Waals surface area contributed by atoms with E-state index in [-0.39, 0.29) is 11.5 Å². The van der Waals surface area contributed by atoms with Crippen LogP contribution >= 0.6 is 0 Å². The van der Waals surface area contributed by atoms with Gasteiger partial charge in [0.25, 0.3) is 5.56 Å². The van der Waals surface area contributed by atoms with Gasteiger partial charge in [0, 0.05) is 11.1 Å². The van der Waals surface area contributed by atoms with Gasteiger partial charge in [0.15, 0.2) is 0 Å². The predicted molar refractivity (Wildman–Crippen MR) is 64.0 cm³/mol. The summed E-state index contributed by atoms with van der Waals surface area (Å²) < 4.78 is 1.83. The molecule has 0 amide bonds. The molecule has 0 fully saturated rings. The van der Waals surface area contributed by atoms with Crippen LogP contribution in [-0.2, 0) is 6.42 Å². The third kappa shape index (κ3) is 1.45. The van der Waals surface area contributed by atoms with Crippen molar-refractivity contribution in [2.75, 3.05) is 0 Å². The highest BCUT2D eigenvalue weighted by Crippen LogP contribution is 2.16. The summed E-state index contributed by atoms with van der Waals surface area (Å²) in [4.78, 5) is 14.9. The molecule has 2 aromatic rings. The first-order valence-electron chi connectivity index (χ1n) is 5.65. The average Bonchev–Trinajstić information content (AvgIpc) is 2.60. The molecule has 0 saturated carbocycles. The van der Waals surface area contributed by atoms with E-state index in [1.54, 1.807) is 0 Å². The van der Waals surface area contributed by atoms with E-state index in [4.69, 9.17) is 0 Å². The maximum Gasteiger partial charge on any atom is 0.254 e. The number of hydrogen-bond acceptors (Lipinski definition) is 2. The Morgan fingerprint density at radius 3 is 2.75 bits per heavy atom. The quantitative estimate of drug-likeness (QED) is 0.840. The summed E-state index contributed by atoms with van der Waals surface area (Å²) in [5.41, 5.74) is 3.67. The summed E-state index contributed by atoms with van der Waals surface area (Å²) >= 11 is 0. The zero-order valence-electron chi connectivity index (χ0n) is 10.2. The van der Waals surface area contributed by atoms with Crippen molar-refractivity contribution in [2.45, 2.75) is 40.0 Å². The third-order valence-electron chi connectivity index (χ3n) is 2.99. The van der Waals surface area contributed by atoms with E-state index < -0.39 is 0 Å². The molecule has 0 aromatic carbocycles. The van der Waals surface area contributed by atoms with Gasteiger partial charge >= 0.3 is 0 Å². The topological polar surface area (TPSA) is 50.2 Å². The van der Waals surface area contributed by atoms with Gasteiger partial charge in [-0.25, -0.2) is 4.52 Å². The normalized spacial score (nSPS) is 11.6. The predicted octanol–water partition coefficient (Wildman–Crippen LogP) is 2.02. The summed E-state index contributed by atoms with van der Waals surface area (Å²) in [5.74, 6) is 0.211. The van der Waals surface area contributed by atoms with Gasteiger partial charge < -0.3 is 4.98 Å². The summed E-state index contributed by atoms with van der Waals surface area (Å²) in [6.07, 6.45) is 2.70. The van der Waals surface area contributed by atoms with Crippen LogP contribution in [0.4, 0.5) is 0 Å². The molecule has 4 heteroatoms. The maximum absolute atomic E-state index is 12.0. The molecule has 0 aliphatic carbocycles. The van der Waals surface area contributed by atoms with Gasteiger partial charge in [-0.1, -0.05) is 20.8 Å². The Morgan fingerprint density at radius 2 is 2.19 bits per heavy atom. The molecule has 1 N–H and O–H groups in total. The second-order valence-corrected chi connectivity index (χ2v) is 4.39. The molecule has 0 aliphatic heterocycles. The molecule has 0 atom stereocenters. The molecule has 0 saturated heterocycles. The molecule has 0 unspecified atom stereocenters.